The van der Waals surface area contributed by atoms with Gasteiger partial charge in [-0.2, -0.15) is 0 Å². The highest BCUT2D eigenvalue weighted by atomic mass is 16.6. The molecule has 0 fully saturated rings. The molecule has 0 unspecified atom stereocenters. The van der Waals surface area contributed by atoms with E-state index in [2.05, 4.69) is 0 Å². The second-order valence-corrected chi connectivity index (χ2v) is 5.58. The molecule has 0 N–H and O–H groups in total. The highest BCUT2D eigenvalue weighted by Gasteiger charge is 2.24. The van der Waals surface area contributed by atoms with Crippen LogP contribution in [-0.4, -0.2) is 42.5 Å². The van der Waals surface area contributed by atoms with Crippen LogP contribution >= 0.6 is 0 Å². The van der Waals surface area contributed by atoms with Crippen LogP contribution in [0.2, 0.25) is 0 Å². The predicted molar refractivity (Wildman–Crippen MR) is 103 cm³/mol. The second-order valence-electron chi connectivity index (χ2n) is 5.58. The molecule has 0 aliphatic heterocycles. The Morgan fingerprint density at radius 3 is 2.04 bits per heavy atom. The minimum absolute atomic E-state index is 0.0940. The lowest BCUT2D eigenvalue weighted by Crippen LogP contribution is -2.31. The average molecular weight is 373 g/mol. The van der Waals surface area contributed by atoms with Gasteiger partial charge in [-0.05, 0) is 25.8 Å². The van der Waals surface area contributed by atoms with Gasteiger partial charge in [-0.15, -0.1) is 0 Å². The molecule has 0 saturated heterocycles. The summed E-state index contributed by atoms with van der Waals surface area (Å²) in [7, 11) is 0. The molecule has 146 valence electrons. The Morgan fingerprint density at radius 1 is 0.926 bits per heavy atom. The van der Waals surface area contributed by atoms with Gasteiger partial charge in [0.05, 0.1) is 13.2 Å². The number of nitrogens with zero attached hydrogens (tertiary/aromatic N) is 1. The standard InChI is InChI=1S/C21H27NO5/c1-4-7-11-14-22(16-17-12-9-8-10-13-17)19(23)15-18(20(24)26-5-2)21(25)27-6-3/h7-13,15H,4-6,14,16H2,1-3H3/b11-7-. The van der Waals surface area contributed by atoms with Crippen LogP contribution in [0.5, 0.6) is 0 Å². The number of ether oxygens (including phenoxy) is 2. The zero-order valence-corrected chi connectivity index (χ0v) is 16.1. The van der Waals surface area contributed by atoms with Crippen molar-refractivity contribution in [3.05, 3.63) is 59.7 Å². The summed E-state index contributed by atoms with van der Waals surface area (Å²) in [5, 5.41) is 0. The normalized spacial score (nSPS) is 10.3. The summed E-state index contributed by atoms with van der Waals surface area (Å²) in [5.41, 5.74) is 0.541. The molecular formula is C21H27NO5. The van der Waals surface area contributed by atoms with Crippen molar-refractivity contribution in [2.45, 2.75) is 33.7 Å². The molecule has 0 radical (unpaired) electrons. The first-order chi connectivity index (χ1) is 13.0. The zero-order valence-electron chi connectivity index (χ0n) is 16.1. The van der Waals surface area contributed by atoms with E-state index in [1.807, 2.05) is 49.4 Å². The molecule has 0 atom stereocenters. The van der Waals surface area contributed by atoms with Gasteiger partial charge < -0.3 is 14.4 Å². The van der Waals surface area contributed by atoms with E-state index < -0.39 is 23.4 Å². The molecule has 0 heterocycles. The molecular weight excluding hydrogens is 346 g/mol. The summed E-state index contributed by atoms with van der Waals surface area (Å²) in [6.45, 7) is 6.15. The number of carbonyl (C=O) groups excluding carboxylic acids is 3. The van der Waals surface area contributed by atoms with Crippen LogP contribution in [0.25, 0.3) is 0 Å². The lowest BCUT2D eigenvalue weighted by Gasteiger charge is -2.20. The lowest BCUT2D eigenvalue weighted by atomic mass is 10.2. The zero-order chi connectivity index (χ0) is 20.1. The maximum absolute atomic E-state index is 12.8. The Hall–Kier alpha value is -2.89. The summed E-state index contributed by atoms with van der Waals surface area (Å²) in [4.78, 5) is 38.4. The third-order valence-electron chi connectivity index (χ3n) is 3.51. The van der Waals surface area contributed by atoms with Crippen molar-refractivity contribution >= 4 is 17.8 Å². The van der Waals surface area contributed by atoms with Gasteiger partial charge in [-0.3, -0.25) is 4.79 Å². The van der Waals surface area contributed by atoms with Crippen LogP contribution < -0.4 is 0 Å². The van der Waals surface area contributed by atoms with Gasteiger partial charge in [0, 0.05) is 19.2 Å². The highest BCUT2D eigenvalue weighted by molar-refractivity contribution is 6.17. The quantitative estimate of drug-likeness (QED) is 0.207. The van der Waals surface area contributed by atoms with E-state index in [0.717, 1.165) is 18.1 Å². The van der Waals surface area contributed by atoms with E-state index in [9.17, 15) is 14.4 Å². The SMILES string of the molecule is CC/C=C\CN(Cc1ccccc1)C(=O)C=C(C(=O)OCC)C(=O)OCC. The summed E-state index contributed by atoms with van der Waals surface area (Å²) in [6, 6.07) is 9.49. The molecule has 6 nitrogen and oxygen atoms in total. The molecule has 0 aliphatic carbocycles. The molecule has 1 aromatic carbocycles. The summed E-state index contributed by atoms with van der Waals surface area (Å²) in [5.74, 6) is -2.20. The van der Waals surface area contributed by atoms with Gasteiger partial charge in [0.25, 0.3) is 0 Å². The monoisotopic (exact) mass is 373 g/mol. The highest BCUT2D eigenvalue weighted by Crippen LogP contribution is 2.09. The molecule has 1 amide bonds. The van der Waals surface area contributed by atoms with Crippen molar-refractivity contribution in [3.8, 4) is 0 Å². The summed E-state index contributed by atoms with van der Waals surface area (Å²) in [6.07, 6.45) is 5.68. The Labute approximate surface area is 160 Å². The summed E-state index contributed by atoms with van der Waals surface area (Å²) >= 11 is 0. The van der Waals surface area contributed by atoms with Gasteiger partial charge in [0.1, 0.15) is 5.57 Å². The van der Waals surface area contributed by atoms with E-state index >= 15 is 0 Å². The smallest absolute Gasteiger partial charge is 0.345 e. The molecule has 27 heavy (non-hydrogen) atoms. The van der Waals surface area contributed by atoms with Gasteiger partial charge in [0.15, 0.2) is 0 Å². The maximum atomic E-state index is 12.8. The van der Waals surface area contributed by atoms with E-state index in [4.69, 9.17) is 9.47 Å². The van der Waals surface area contributed by atoms with Crippen molar-refractivity contribution in [2.24, 2.45) is 0 Å². The first-order valence-corrected chi connectivity index (χ1v) is 9.07. The number of hydrogen-bond acceptors (Lipinski definition) is 5. The number of carbonyl (C=O) groups is 3. The second kappa shape index (κ2) is 12.5. The molecule has 1 aromatic rings. The fraction of sp³-hybridized carbons (Fsp3) is 0.381. The molecule has 0 aromatic heterocycles. The third-order valence-corrected chi connectivity index (χ3v) is 3.51. The minimum Gasteiger partial charge on any atom is -0.462 e. The minimum atomic E-state index is -0.868. The third kappa shape index (κ3) is 7.90. The van der Waals surface area contributed by atoms with Crippen molar-refractivity contribution in [3.63, 3.8) is 0 Å². The number of rotatable bonds is 10. The van der Waals surface area contributed by atoms with Crippen LogP contribution in [0.15, 0.2) is 54.1 Å². The van der Waals surface area contributed by atoms with E-state index in [1.165, 1.54) is 0 Å². The maximum Gasteiger partial charge on any atom is 0.345 e. The first-order valence-electron chi connectivity index (χ1n) is 9.07. The molecule has 1 rings (SSSR count). The topological polar surface area (TPSA) is 72.9 Å². The number of amides is 1. The van der Waals surface area contributed by atoms with Crippen LogP contribution in [0.3, 0.4) is 0 Å². The molecule has 0 spiro atoms. The lowest BCUT2D eigenvalue weighted by molar-refractivity contribution is -0.147. The van der Waals surface area contributed by atoms with Crippen molar-refractivity contribution in [1.82, 2.24) is 4.90 Å². The van der Waals surface area contributed by atoms with Crippen LogP contribution in [0, 0.1) is 0 Å². The van der Waals surface area contributed by atoms with Crippen LogP contribution in [0.4, 0.5) is 0 Å². The van der Waals surface area contributed by atoms with E-state index in [-0.39, 0.29) is 13.2 Å². The molecule has 6 heteroatoms. The first kappa shape index (κ1) is 22.2. The molecule has 0 aliphatic rings. The number of allylic oxidation sites excluding steroid dienone is 1. The Bertz CT molecular complexity index is 659. The number of hydrogen-bond donors (Lipinski definition) is 0. The Morgan fingerprint density at radius 2 is 1.52 bits per heavy atom. The van der Waals surface area contributed by atoms with Crippen LogP contribution in [-0.2, 0) is 30.4 Å². The summed E-state index contributed by atoms with van der Waals surface area (Å²) < 4.78 is 9.75. The van der Waals surface area contributed by atoms with Gasteiger partial charge in [0.2, 0.25) is 5.91 Å². The number of esters is 2. The Kier molecular flexibility index (Phi) is 10.2. The van der Waals surface area contributed by atoms with E-state index in [0.29, 0.717) is 13.1 Å². The van der Waals surface area contributed by atoms with Crippen molar-refractivity contribution in [2.75, 3.05) is 19.8 Å². The molecule has 0 bridgehead atoms. The van der Waals surface area contributed by atoms with E-state index in [1.54, 1.807) is 18.7 Å². The number of benzene rings is 1. The fourth-order valence-corrected chi connectivity index (χ4v) is 2.24. The fourth-order valence-electron chi connectivity index (χ4n) is 2.24. The van der Waals surface area contributed by atoms with Gasteiger partial charge in [-0.1, -0.05) is 49.4 Å². The predicted octanol–water partition coefficient (Wildman–Crippen LogP) is 3.03. The Balaban J connectivity index is 3.09. The van der Waals surface area contributed by atoms with Crippen LogP contribution in [0.1, 0.15) is 32.8 Å². The van der Waals surface area contributed by atoms with Gasteiger partial charge in [-0.25, -0.2) is 9.59 Å². The largest absolute Gasteiger partial charge is 0.462 e. The average Bonchev–Trinajstić information content (AvgIpc) is 2.66. The molecule has 0 saturated carbocycles. The van der Waals surface area contributed by atoms with Crippen molar-refractivity contribution in [1.29, 1.82) is 0 Å². The van der Waals surface area contributed by atoms with Crippen molar-refractivity contribution < 1.29 is 23.9 Å². The van der Waals surface area contributed by atoms with Gasteiger partial charge >= 0.3 is 11.9 Å².